The van der Waals surface area contributed by atoms with Gasteiger partial charge in [0.25, 0.3) is 5.91 Å². The maximum Gasteiger partial charge on any atom is 0.433 e. The maximum atomic E-state index is 14.3. The average Bonchev–Trinajstić information content (AvgIpc) is 3.12. The molecule has 1 aromatic carbocycles. The molecular formula is C23H21F4N3O2S. The molecule has 2 N–H and O–H groups in total. The summed E-state index contributed by atoms with van der Waals surface area (Å²) >= 11 is 0.851. The summed E-state index contributed by atoms with van der Waals surface area (Å²) < 4.78 is 53.1. The lowest BCUT2D eigenvalue weighted by Crippen LogP contribution is -2.25. The van der Waals surface area contributed by atoms with Crippen molar-refractivity contribution in [3.05, 3.63) is 52.3 Å². The molecule has 33 heavy (non-hydrogen) atoms. The first kappa shape index (κ1) is 23.2. The molecule has 0 bridgehead atoms. The number of thiophene rings is 1. The molecule has 0 atom stereocenters. The smallest absolute Gasteiger partial charge is 0.323 e. The third-order valence-corrected chi connectivity index (χ3v) is 6.96. The summed E-state index contributed by atoms with van der Waals surface area (Å²) in [5.74, 6) is -1.59. The fourth-order valence-corrected chi connectivity index (χ4v) is 5.04. The number of amides is 2. The number of fused-ring (bicyclic) bond motifs is 1. The van der Waals surface area contributed by atoms with Crippen LogP contribution in [0.1, 0.15) is 53.0 Å². The van der Waals surface area contributed by atoms with E-state index in [4.69, 9.17) is 0 Å². The van der Waals surface area contributed by atoms with Crippen LogP contribution in [-0.2, 0) is 11.0 Å². The third kappa shape index (κ3) is 5.00. The van der Waals surface area contributed by atoms with E-state index in [1.807, 2.05) is 0 Å². The number of nitrogens with zero attached hydrogens (tertiary/aromatic N) is 1. The molecule has 0 unspecified atom stereocenters. The van der Waals surface area contributed by atoms with Crippen molar-refractivity contribution in [3.8, 4) is 0 Å². The standard InChI is InChI=1S/C23H21F4N3O2S/c1-12-15-8-10-18(23(25,26)27)30-22(15)33-19(12)21(32)28-14-7-9-16(24)17(11-14)29-20(31)13-5-3-2-4-6-13/h7-11,13H,2-6H2,1H3,(H,28,32)(H,29,31). The van der Waals surface area contributed by atoms with E-state index in [0.29, 0.717) is 10.9 Å². The van der Waals surface area contributed by atoms with Crippen molar-refractivity contribution < 1.29 is 27.2 Å². The minimum atomic E-state index is -4.58. The molecular weight excluding hydrogens is 458 g/mol. The van der Waals surface area contributed by atoms with Crippen LogP contribution in [0.4, 0.5) is 28.9 Å². The number of aryl methyl sites for hydroxylation is 1. The van der Waals surface area contributed by atoms with E-state index in [2.05, 4.69) is 15.6 Å². The number of carbonyl (C=O) groups is 2. The van der Waals surface area contributed by atoms with E-state index in [-0.39, 0.29) is 32.9 Å². The first-order valence-corrected chi connectivity index (χ1v) is 11.3. The average molecular weight is 479 g/mol. The zero-order valence-corrected chi connectivity index (χ0v) is 18.5. The van der Waals surface area contributed by atoms with Gasteiger partial charge in [-0.2, -0.15) is 13.2 Å². The summed E-state index contributed by atoms with van der Waals surface area (Å²) in [6.07, 6.45) is -0.0434. The van der Waals surface area contributed by atoms with Crippen molar-refractivity contribution in [1.29, 1.82) is 0 Å². The molecule has 2 amide bonds. The van der Waals surface area contributed by atoms with Gasteiger partial charge in [-0.05, 0) is 55.7 Å². The highest BCUT2D eigenvalue weighted by molar-refractivity contribution is 7.20. The van der Waals surface area contributed by atoms with Gasteiger partial charge in [0.05, 0.1) is 10.6 Å². The van der Waals surface area contributed by atoms with E-state index in [1.165, 1.54) is 18.2 Å². The summed E-state index contributed by atoms with van der Waals surface area (Å²) in [6.45, 7) is 1.63. The SMILES string of the molecule is Cc1c(C(=O)Nc2ccc(F)c(NC(=O)C3CCCCC3)c2)sc2nc(C(F)(F)F)ccc12. The first-order chi connectivity index (χ1) is 15.6. The van der Waals surface area contributed by atoms with Gasteiger partial charge >= 0.3 is 6.18 Å². The van der Waals surface area contributed by atoms with Gasteiger partial charge in [0.1, 0.15) is 16.3 Å². The summed E-state index contributed by atoms with van der Waals surface area (Å²) in [7, 11) is 0. The number of anilines is 2. The lowest BCUT2D eigenvalue weighted by atomic mass is 9.88. The number of aromatic nitrogens is 1. The molecule has 1 aliphatic rings. The molecule has 0 spiro atoms. The molecule has 3 aromatic rings. The van der Waals surface area contributed by atoms with Crippen LogP contribution in [0.15, 0.2) is 30.3 Å². The highest BCUT2D eigenvalue weighted by Gasteiger charge is 2.33. The number of carbonyl (C=O) groups excluding carboxylic acids is 2. The number of pyridine rings is 1. The molecule has 1 fully saturated rings. The Morgan fingerprint density at radius 3 is 2.48 bits per heavy atom. The Bertz CT molecular complexity index is 1220. The second-order valence-electron chi connectivity index (χ2n) is 8.08. The number of benzene rings is 1. The highest BCUT2D eigenvalue weighted by Crippen LogP contribution is 2.35. The maximum absolute atomic E-state index is 14.3. The van der Waals surface area contributed by atoms with Crippen LogP contribution in [0.3, 0.4) is 0 Å². The molecule has 2 aromatic heterocycles. The van der Waals surface area contributed by atoms with Gasteiger partial charge in [-0.25, -0.2) is 9.37 Å². The van der Waals surface area contributed by atoms with Crippen molar-refractivity contribution in [2.75, 3.05) is 10.6 Å². The first-order valence-electron chi connectivity index (χ1n) is 10.5. The number of nitrogens with one attached hydrogen (secondary N) is 2. The van der Waals surface area contributed by atoms with Gasteiger partial charge in [-0.15, -0.1) is 11.3 Å². The summed E-state index contributed by atoms with van der Waals surface area (Å²) in [6, 6.07) is 6.00. The van der Waals surface area contributed by atoms with Gasteiger partial charge in [0.2, 0.25) is 5.91 Å². The van der Waals surface area contributed by atoms with E-state index in [9.17, 15) is 27.2 Å². The van der Waals surface area contributed by atoms with Crippen LogP contribution in [-0.4, -0.2) is 16.8 Å². The fraction of sp³-hybridized carbons (Fsp3) is 0.348. The monoisotopic (exact) mass is 479 g/mol. The molecule has 0 saturated heterocycles. The molecule has 174 valence electrons. The highest BCUT2D eigenvalue weighted by atomic mass is 32.1. The molecule has 4 rings (SSSR count). The van der Waals surface area contributed by atoms with E-state index >= 15 is 0 Å². The number of halogens is 4. The molecule has 0 radical (unpaired) electrons. The molecule has 5 nitrogen and oxygen atoms in total. The predicted octanol–water partition coefficient (Wildman–Crippen LogP) is 6.53. The summed E-state index contributed by atoms with van der Waals surface area (Å²) in [5, 5.41) is 5.69. The number of hydrogen-bond donors (Lipinski definition) is 2. The second kappa shape index (κ2) is 9.09. The van der Waals surface area contributed by atoms with Crippen LogP contribution in [0.2, 0.25) is 0 Å². The number of hydrogen-bond acceptors (Lipinski definition) is 4. The van der Waals surface area contributed by atoms with E-state index < -0.39 is 23.6 Å². The van der Waals surface area contributed by atoms with E-state index in [1.54, 1.807) is 6.92 Å². The number of rotatable bonds is 4. The van der Waals surface area contributed by atoms with Crippen molar-refractivity contribution in [2.45, 2.75) is 45.2 Å². The molecule has 0 aliphatic heterocycles. The minimum Gasteiger partial charge on any atom is -0.323 e. The molecule has 10 heteroatoms. The summed E-state index contributed by atoms with van der Waals surface area (Å²) in [4.78, 5) is 29.2. The normalized spacial score (nSPS) is 14.9. The minimum absolute atomic E-state index is 0.0343. The van der Waals surface area contributed by atoms with E-state index in [0.717, 1.165) is 55.6 Å². The topological polar surface area (TPSA) is 71.1 Å². The van der Waals surface area contributed by atoms with Crippen LogP contribution in [0, 0.1) is 18.7 Å². The predicted molar refractivity (Wildman–Crippen MR) is 119 cm³/mol. The van der Waals surface area contributed by atoms with Crippen molar-refractivity contribution >= 4 is 44.7 Å². The van der Waals surface area contributed by atoms with Crippen LogP contribution >= 0.6 is 11.3 Å². The fourth-order valence-electron chi connectivity index (χ4n) is 3.96. The van der Waals surface area contributed by atoms with Crippen molar-refractivity contribution in [3.63, 3.8) is 0 Å². The Hall–Kier alpha value is -3.01. The Kier molecular flexibility index (Phi) is 6.38. The largest absolute Gasteiger partial charge is 0.433 e. The van der Waals surface area contributed by atoms with Crippen LogP contribution in [0.25, 0.3) is 10.2 Å². The lowest BCUT2D eigenvalue weighted by Gasteiger charge is -2.21. The van der Waals surface area contributed by atoms with Crippen molar-refractivity contribution in [1.82, 2.24) is 4.98 Å². The molecule has 2 heterocycles. The zero-order chi connectivity index (χ0) is 23.8. The Labute approximate surface area is 191 Å². The van der Waals surface area contributed by atoms with Gasteiger partial charge in [0, 0.05) is 17.0 Å². The van der Waals surface area contributed by atoms with Gasteiger partial charge in [-0.3, -0.25) is 9.59 Å². The van der Waals surface area contributed by atoms with Gasteiger partial charge < -0.3 is 10.6 Å². The number of alkyl halides is 3. The van der Waals surface area contributed by atoms with Crippen LogP contribution in [0.5, 0.6) is 0 Å². The Balaban J connectivity index is 1.53. The van der Waals surface area contributed by atoms with Crippen molar-refractivity contribution in [2.24, 2.45) is 5.92 Å². The molecule has 1 saturated carbocycles. The Morgan fingerprint density at radius 1 is 1.06 bits per heavy atom. The van der Waals surface area contributed by atoms with Gasteiger partial charge in [-0.1, -0.05) is 19.3 Å². The van der Waals surface area contributed by atoms with Crippen LogP contribution < -0.4 is 10.6 Å². The summed E-state index contributed by atoms with van der Waals surface area (Å²) in [5.41, 5.74) is -0.309. The second-order valence-corrected chi connectivity index (χ2v) is 9.08. The quantitative estimate of drug-likeness (QED) is 0.418. The molecule has 1 aliphatic carbocycles. The lowest BCUT2D eigenvalue weighted by molar-refractivity contribution is -0.140. The van der Waals surface area contributed by atoms with Gasteiger partial charge in [0.15, 0.2) is 0 Å². The Morgan fingerprint density at radius 2 is 1.79 bits per heavy atom. The zero-order valence-electron chi connectivity index (χ0n) is 17.7. The third-order valence-electron chi connectivity index (χ3n) is 5.76.